The first kappa shape index (κ1) is 16.5. The van der Waals surface area contributed by atoms with Crippen LogP contribution in [0.3, 0.4) is 0 Å². The molecule has 0 saturated carbocycles. The van der Waals surface area contributed by atoms with E-state index in [1.165, 1.54) is 4.90 Å². The Hall–Kier alpha value is -3.39. The summed E-state index contributed by atoms with van der Waals surface area (Å²) in [5.74, 6) is -1.39. The van der Waals surface area contributed by atoms with Crippen molar-refractivity contribution in [1.82, 2.24) is 0 Å². The molecule has 1 unspecified atom stereocenters. The van der Waals surface area contributed by atoms with Gasteiger partial charge in [-0.2, -0.15) is 5.26 Å². The van der Waals surface area contributed by atoms with E-state index in [4.69, 9.17) is 5.26 Å². The number of nitrogens with zero attached hydrogens (tertiary/aromatic N) is 2. The van der Waals surface area contributed by atoms with E-state index in [-0.39, 0.29) is 17.8 Å². The number of Topliss-reactive ketones (excluding diaryl/α,β-unsaturated/α-hetero) is 1. The summed E-state index contributed by atoms with van der Waals surface area (Å²) in [6, 6.07) is 16.9. The largest absolute Gasteiger partial charge is 0.503 e. The number of carbonyl (C=O) groups is 2. The fourth-order valence-electron chi connectivity index (χ4n) is 2.99. The van der Waals surface area contributed by atoms with Crippen molar-refractivity contribution in [2.45, 2.75) is 19.4 Å². The third-order valence-electron chi connectivity index (χ3n) is 4.22. The topological polar surface area (TPSA) is 81.4 Å². The van der Waals surface area contributed by atoms with E-state index >= 15 is 0 Å². The summed E-state index contributed by atoms with van der Waals surface area (Å²) in [5.41, 5.74) is 1.83. The second-order valence-corrected chi connectivity index (χ2v) is 5.69. The normalized spacial score (nSPS) is 16.9. The van der Waals surface area contributed by atoms with Crippen LogP contribution in [0.25, 0.3) is 0 Å². The van der Waals surface area contributed by atoms with Gasteiger partial charge in [0.1, 0.15) is 0 Å². The van der Waals surface area contributed by atoms with Gasteiger partial charge in [-0.25, -0.2) is 0 Å². The first-order valence-electron chi connectivity index (χ1n) is 7.93. The molecule has 124 valence electrons. The van der Waals surface area contributed by atoms with Crippen molar-refractivity contribution in [2.24, 2.45) is 0 Å². The van der Waals surface area contributed by atoms with Gasteiger partial charge in [-0.05, 0) is 29.8 Å². The number of benzene rings is 2. The smallest absolute Gasteiger partial charge is 0.294 e. The number of amides is 1. The number of rotatable bonds is 4. The summed E-state index contributed by atoms with van der Waals surface area (Å²) in [5, 5.41) is 19.3. The second kappa shape index (κ2) is 6.62. The molecule has 1 atom stereocenters. The van der Waals surface area contributed by atoms with Gasteiger partial charge in [0.2, 0.25) is 0 Å². The molecule has 1 aliphatic heterocycles. The average Bonchev–Trinajstić information content (AvgIpc) is 2.93. The van der Waals surface area contributed by atoms with E-state index in [0.29, 0.717) is 11.3 Å². The van der Waals surface area contributed by atoms with Gasteiger partial charge in [-0.1, -0.05) is 37.3 Å². The van der Waals surface area contributed by atoms with Crippen molar-refractivity contribution in [2.75, 3.05) is 4.90 Å². The molecule has 2 aromatic carbocycles. The molecule has 0 fully saturated rings. The minimum Gasteiger partial charge on any atom is -0.503 e. The SMILES string of the molecule is CCC(=O)C1=C(O)C(=O)N(c2ccc(C#N)cc2)C1c1ccccc1. The molecule has 0 aliphatic carbocycles. The molecular weight excluding hydrogens is 316 g/mol. The van der Waals surface area contributed by atoms with Crippen molar-refractivity contribution >= 4 is 17.4 Å². The van der Waals surface area contributed by atoms with Gasteiger partial charge in [-0.3, -0.25) is 14.5 Å². The van der Waals surface area contributed by atoms with Crippen LogP contribution in [0.5, 0.6) is 0 Å². The quantitative estimate of drug-likeness (QED) is 0.930. The van der Waals surface area contributed by atoms with Crippen LogP contribution < -0.4 is 4.90 Å². The maximum absolute atomic E-state index is 12.7. The monoisotopic (exact) mass is 332 g/mol. The molecule has 0 aromatic heterocycles. The lowest BCUT2D eigenvalue weighted by atomic mass is 9.95. The maximum atomic E-state index is 12.7. The van der Waals surface area contributed by atoms with E-state index < -0.39 is 17.7 Å². The molecule has 1 N–H and O–H groups in total. The van der Waals surface area contributed by atoms with E-state index in [0.717, 1.165) is 5.56 Å². The Morgan fingerprint density at radius 1 is 1.16 bits per heavy atom. The number of nitriles is 1. The summed E-state index contributed by atoms with van der Waals surface area (Å²) < 4.78 is 0. The lowest BCUT2D eigenvalue weighted by Crippen LogP contribution is -2.30. The van der Waals surface area contributed by atoms with Gasteiger partial charge < -0.3 is 5.11 Å². The first-order chi connectivity index (χ1) is 12.1. The maximum Gasteiger partial charge on any atom is 0.294 e. The Balaban J connectivity index is 2.15. The van der Waals surface area contributed by atoms with E-state index in [1.807, 2.05) is 36.4 Å². The average molecular weight is 332 g/mol. The van der Waals surface area contributed by atoms with Gasteiger partial charge in [0.25, 0.3) is 5.91 Å². The summed E-state index contributed by atoms with van der Waals surface area (Å²) >= 11 is 0. The molecule has 25 heavy (non-hydrogen) atoms. The zero-order valence-electron chi connectivity index (χ0n) is 13.6. The van der Waals surface area contributed by atoms with Crippen molar-refractivity contribution in [3.63, 3.8) is 0 Å². The van der Waals surface area contributed by atoms with Crippen LogP contribution >= 0.6 is 0 Å². The fourth-order valence-corrected chi connectivity index (χ4v) is 2.99. The lowest BCUT2D eigenvalue weighted by Gasteiger charge is -2.26. The summed E-state index contributed by atoms with van der Waals surface area (Å²) in [7, 11) is 0. The zero-order chi connectivity index (χ0) is 18.0. The molecule has 2 aromatic rings. The Morgan fingerprint density at radius 2 is 1.80 bits per heavy atom. The van der Waals surface area contributed by atoms with E-state index in [2.05, 4.69) is 0 Å². The number of hydrogen-bond acceptors (Lipinski definition) is 4. The van der Waals surface area contributed by atoms with Crippen LogP contribution in [0, 0.1) is 11.3 Å². The summed E-state index contributed by atoms with van der Waals surface area (Å²) in [6.07, 6.45) is 0.192. The first-order valence-corrected chi connectivity index (χ1v) is 7.93. The highest BCUT2D eigenvalue weighted by Crippen LogP contribution is 2.41. The number of anilines is 1. The molecule has 0 bridgehead atoms. The van der Waals surface area contributed by atoms with Crippen LogP contribution in [-0.2, 0) is 9.59 Å². The zero-order valence-corrected chi connectivity index (χ0v) is 13.6. The van der Waals surface area contributed by atoms with E-state index in [9.17, 15) is 14.7 Å². The molecule has 5 heteroatoms. The fraction of sp³-hybridized carbons (Fsp3) is 0.150. The standard InChI is InChI=1S/C20H16N2O3/c1-2-16(23)17-18(14-6-4-3-5-7-14)22(20(25)19(17)24)15-10-8-13(12-21)9-11-15/h3-11,18,24H,2H2,1H3. The van der Waals surface area contributed by atoms with Gasteiger partial charge in [-0.15, -0.1) is 0 Å². The van der Waals surface area contributed by atoms with Gasteiger partial charge in [0, 0.05) is 12.1 Å². The molecule has 0 spiro atoms. The summed E-state index contributed by atoms with van der Waals surface area (Å²) in [6.45, 7) is 1.69. The lowest BCUT2D eigenvalue weighted by molar-refractivity contribution is -0.118. The number of hydrogen-bond donors (Lipinski definition) is 1. The Morgan fingerprint density at radius 3 is 2.36 bits per heavy atom. The van der Waals surface area contributed by atoms with Crippen LogP contribution in [0.15, 0.2) is 65.9 Å². The number of aliphatic hydroxyl groups is 1. The predicted octanol–water partition coefficient (Wildman–Crippen LogP) is 3.44. The third kappa shape index (κ3) is 2.79. The van der Waals surface area contributed by atoms with Crippen molar-refractivity contribution in [3.05, 3.63) is 77.1 Å². The Labute approximate surface area is 145 Å². The van der Waals surface area contributed by atoms with Gasteiger partial charge in [0.05, 0.1) is 23.2 Å². The molecule has 1 aliphatic rings. The minimum absolute atomic E-state index is 0.114. The van der Waals surface area contributed by atoms with Crippen LogP contribution in [-0.4, -0.2) is 16.8 Å². The van der Waals surface area contributed by atoms with Crippen LogP contribution in [0.2, 0.25) is 0 Å². The highest BCUT2D eigenvalue weighted by molar-refractivity contribution is 6.16. The second-order valence-electron chi connectivity index (χ2n) is 5.69. The predicted molar refractivity (Wildman–Crippen MR) is 92.8 cm³/mol. The van der Waals surface area contributed by atoms with E-state index in [1.54, 1.807) is 31.2 Å². The molecule has 3 rings (SSSR count). The van der Waals surface area contributed by atoms with Crippen molar-refractivity contribution in [3.8, 4) is 6.07 Å². The molecular formula is C20H16N2O3. The molecule has 1 heterocycles. The molecule has 5 nitrogen and oxygen atoms in total. The highest BCUT2D eigenvalue weighted by atomic mass is 16.3. The van der Waals surface area contributed by atoms with Crippen LogP contribution in [0.4, 0.5) is 5.69 Å². The van der Waals surface area contributed by atoms with Crippen LogP contribution in [0.1, 0.15) is 30.5 Å². The minimum atomic E-state index is -0.686. The van der Waals surface area contributed by atoms with Gasteiger partial charge in [0.15, 0.2) is 11.5 Å². The number of aliphatic hydroxyl groups excluding tert-OH is 1. The molecule has 0 radical (unpaired) electrons. The van der Waals surface area contributed by atoms with Crippen molar-refractivity contribution < 1.29 is 14.7 Å². The Bertz CT molecular complexity index is 893. The molecule has 1 amide bonds. The third-order valence-corrected chi connectivity index (χ3v) is 4.22. The molecule has 0 saturated heterocycles. The summed E-state index contributed by atoms with van der Waals surface area (Å²) in [4.78, 5) is 26.5. The number of ketones is 1. The number of carbonyl (C=O) groups excluding carboxylic acids is 2. The van der Waals surface area contributed by atoms with Gasteiger partial charge >= 0.3 is 0 Å². The Kier molecular flexibility index (Phi) is 4.36. The van der Waals surface area contributed by atoms with Crippen molar-refractivity contribution in [1.29, 1.82) is 5.26 Å². The highest BCUT2D eigenvalue weighted by Gasteiger charge is 2.43.